The summed E-state index contributed by atoms with van der Waals surface area (Å²) in [5, 5.41) is 3.27. The van der Waals surface area contributed by atoms with E-state index in [-0.39, 0.29) is 5.60 Å². The van der Waals surface area contributed by atoms with E-state index >= 15 is 0 Å². The van der Waals surface area contributed by atoms with Crippen LogP contribution in [-0.2, 0) is 4.74 Å². The lowest BCUT2D eigenvalue weighted by Crippen LogP contribution is -2.32. The number of nitrogens with one attached hydrogen (secondary N) is 1. The predicted molar refractivity (Wildman–Crippen MR) is 67.2 cm³/mol. The molecule has 0 aromatic heterocycles. The van der Waals surface area contributed by atoms with E-state index in [9.17, 15) is 0 Å². The van der Waals surface area contributed by atoms with Crippen molar-refractivity contribution >= 4 is 0 Å². The van der Waals surface area contributed by atoms with Crippen LogP contribution in [0.1, 0.15) is 48.0 Å². The van der Waals surface area contributed by atoms with Crippen molar-refractivity contribution in [1.29, 1.82) is 0 Å². The number of ether oxygens (including phenoxy) is 1. The van der Waals surface area contributed by atoms with Crippen molar-refractivity contribution < 1.29 is 4.74 Å². The highest BCUT2D eigenvalue weighted by atomic mass is 16.5. The van der Waals surface area contributed by atoms with E-state index < -0.39 is 0 Å². The number of hydrogen-bond donors (Lipinski definition) is 1. The van der Waals surface area contributed by atoms with Crippen LogP contribution < -0.4 is 5.32 Å². The third-order valence-electron chi connectivity index (χ3n) is 2.68. The van der Waals surface area contributed by atoms with Gasteiger partial charge in [0.25, 0.3) is 0 Å². The van der Waals surface area contributed by atoms with Gasteiger partial charge in [0.15, 0.2) is 0 Å². The highest BCUT2D eigenvalue weighted by Crippen LogP contribution is 2.28. The zero-order valence-electron chi connectivity index (χ0n) is 11.6. The molecule has 0 aromatic carbocycles. The molecule has 0 saturated heterocycles. The first kappa shape index (κ1) is 14.9. The molecule has 92 valence electrons. The van der Waals surface area contributed by atoms with Crippen molar-refractivity contribution in [3.8, 4) is 0 Å². The van der Waals surface area contributed by atoms with Crippen molar-refractivity contribution in [2.24, 2.45) is 11.3 Å². The summed E-state index contributed by atoms with van der Waals surface area (Å²) in [7, 11) is 2.02. The lowest BCUT2D eigenvalue weighted by atomic mass is 9.79. The molecular weight excluding hydrogens is 186 g/mol. The summed E-state index contributed by atoms with van der Waals surface area (Å²) in [6, 6.07) is 0. The Morgan fingerprint density at radius 3 is 1.93 bits per heavy atom. The second kappa shape index (κ2) is 5.86. The number of rotatable bonds is 5. The lowest BCUT2D eigenvalue weighted by Gasteiger charge is -2.31. The minimum Gasteiger partial charge on any atom is -0.376 e. The Morgan fingerprint density at radius 1 is 1.07 bits per heavy atom. The Hall–Kier alpha value is -0.0800. The molecule has 15 heavy (non-hydrogen) atoms. The highest BCUT2D eigenvalue weighted by molar-refractivity contribution is 4.75. The Balaban J connectivity index is 3.98. The van der Waals surface area contributed by atoms with E-state index in [0.29, 0.717) is 11.3 Å². The van der Waals surface area contributed by atoms with E-state index in [1.807, 2.05) is 7.05 Å². The zero-order valence-corrected chi connectivity index (χ0v) is 11.6. The molecule has 0 aliphatic rings. The molecule has 0 spiro atoms. The van der Waals surface area contributed by atoms with Gasteiger partial charge in [-0.3, -0.25) is 0 Å². The van der Waals surface area contributed by atoms with Crippen molar-refractivity contribution in [3.05, 3.63) is 0 Å². The molecule has 0 saturated carbocycles. The molecule has 1 atom stereocenters. The highest BCUT2D eigenvalue weighted by Gasteiger charge is 2.24. The molecule has 0 amide bonds. The minimum absolute atomic E-state index is 0.0118. The van der Waals surface area contributed by atoms with Gasteiger partial charge >= 0.3 is 0 Å². The minimum atomic E-state index is -0.0118. The first-order valence-corrected chi connectivity index (χ1v) is 5.95. The fourth-order valence-corrected chi connectivity index (χ4v) is 1.60. The predicted octanol–water partition coefficient (Wildman–Crippen LogP) is 3.07. The van der Waals surface area contributed by atoms with E-state index in [1.165, 1.54) is 0 Å². The van der Waals surface area contributed by atoms with Crippen LogP contribution in [0.2, 0.25) is 0 Å². The normalized spacial score (nSPS) is 15.4. The van der Waals surface area contributed by atoms with E-state index in [0.717, 1.165) is 19.6 Å². The summed E-state index contributed by atoms with van der Waals surface area (Å²) in [5.41, 5.74) is 0.340. The molecule has 0 aliphatic heterocycles. The third-order valence-corrected chi connectivity index (χ3v) is 2.68. The monoisotopic (exact) mass is 215 g/mol. The largest absolute Gasteiger partial charge is 0.376 e. The summed E-state index contributed by atoms with van der Waals surface area (Å²) in [6.07, 6.45) is 1.13. The van der Waals surface area contributed by atoms with Gasteiger partial charge in [-0.1, -0.05) is 20.8 Å². The molecule has 1 unspecified atom stereocenters. The van der Waals surface area contributed by atoms with Gasteiger partial charge in [-0.15, -0.1) is 0 Å². The molecule has 0 aliphatic carbocycles. The Labute approximate surface area is 95.8 Å². The fourth-order valence-electron chi connectivity index (χ4n) is 1.60. The molecule has 0 aromatic rings. The van der Waals surface area contributed by atoms with Crippen LogP contribution in [0, 0.1) is 11.3 Å². The van der Waals surface area contributed by atoms with Crippen molar-refractivity contribution in [1.82, 2.24) is 5.32 Å². The maximum Gasteiger partial charge on any atom is 0.0598 e. The average molecular weight is 215 g/mol. The summed E-state index contributed by atoms with van der Waals surface area (Å²) in [5.74, 6) is 0.671. The van der Waals surface area contributed by atoms with E-state index in [4.69, 9.17) is 4.74 Å². The van der Waals surface area contributed by atoms with Gasteiger partial charge in [-0.25, -0.2) is 0 Å². The Kier molecular flexibility index (Phi) is 5.82. The van der Waals surface area contributed by atoms with Crippen LogP contribution in [-0.4, -0.2) is 25.8 Å². The topological polar surface area (TPSA) is 21.3 Å². The second-order valence-corrected chi connectivity index (χ2v) is 6.37. The van der Waals surface area contributed by atoms with Gasteiger partial charge in [0.2, 0.25) is 0 Å². The third kappa shape index (κ3) is 7.80. The van der Waals surface area contributed by atoms with Crippen molar-refractivity contribution in [2.75, 3.05) is 20.2 Å². The van der Waals surface area contributed by atoms with Gasteiger partial charge < -0.3 is 10.1 Å². The average Bonchev–Trinajstić information content (AvgIpc) is 1.98. The van der Waals surface area contributed by atoms with Gasteiger partial charge in [-0.05, 0) is 52.1 Å². The SMILES string of the molecule is CNCC(CCOC(C)(C)C)C(C)(C)C. The first-order chi connectivity index (χ1) is 6.67. The molecule has 0 heterocycles. The van der Waals surface area contributed by atoms with Crippen LogP contribution in [0.3, 0.4) is 0 Å². The Morgan fingerprint density at radius 2 is 1.60 bits per heavy atom. The van der Waals surface area contributed by atoms with Crippen molar-refractivity contribution in [3.63, 3.8) is 0 Å². The molecular formula is C13H29NO. The van der Waals surface area contributed by atoms with Crippen LogP contribution in [0.4, 0.5) is 0 Å². The fraction of sp³-hybridized carbons (Fsp3) is 1.00. The number of hydrogen-bond acceptors (Lipinski definition) is 2. The molecule has 1 N–H and O–H groups in total. The standard InChI is InChI=1S/C13H29NO/c1-12(2,3)11(10-14-7)8-9-15-13(4,5)6/h11,14H,8-10H2,1-7H3. The lowest BCUT2D eigenvalue weighted by molar-refractivity contribution is -0.0154. The maximum absolute atomic E-state index is 5.77. The summed E-state index contributed by atoms with van der Waals surface area (Å²) in [6.45, 7) is 15.1. The first-order valence-electron chi connectivity index (χ1n) is 5.95. The molecule has 0 rings (SSSR count). The summed E-state index contributed by atoms with van der Waals surface area (Å²) < 4.78 is 5.77. The summed E-state index contributed by atoms with van der Waals surface area (Å²) >= 11 is 0. The summed E-state index contributed by atoms with van der Waals surface area (Å²) in [4.78, 5) is 0. The van der Waals surface area contributed by atoms with E-state index in [1.54, 1.807) is 0 Å². The molecule has 0 radical (unpaired) electrons. The van der Waals surface area contributed by atoms with Crippen LogP contribution in [0.5, 0.6) is 0 Å². The molecule has 2 nitrogen and oxygen atoms in total. The maximum atomic E-state index is 5.77. The van der Waals surface area contributed by atoms with Gasteiger partial charge in [0, 0.05) is 6.61 Å². The van der Waals surface area contributed by atoms with Gasteiger partial charge in [0.05, 0.1) is 5.60 Å². The van der Waals surface area contributed by atoms with Gasteiger partial charge in [0.1, 0.15) is 0 Å². The molecule has 0 bridgehead atoms. The van der Waals surface area contributed by atoms with Crippen LogP contribution in [0.15, 0.2) is 0 Å². The quantitative estimate of drug-likeness (QED) is 0.761. The smallest absolute Gasteiger partial charge is 0.0598 e. The Bertz CT molecular complexity index is 164. The van der Waals surface area contributed by atoms with Crippen LogP contribution in [0.25, 0.3) is 0 Å². The van der Waals surface area contributed by atoms with Gasteiger partial charge in [-0.2, -0.15) is 0 Å². The molecule has 0 fully saturated rings. The molecule has 2 heteroatoms. The van der Waals surface area contributed by atoms with Crippen molar-refractivity contribution in [2.45, 2.75) is 53.6 Å². The zero-order chi connectivity index (χ0) is 12.1. The van der Waals surface area contributed by atoms with E-state index in [2.05, 4.69) is 46.9 Å². The van der Waals surface area contributed by atoms with Crippen LogP contribution >= 0.6 is 0 Å². The second-order valence-electron chi connectivity index (χ2n) is 6.37.